The van der Waals surface area contributed by atoms with Crippen LogP contribution in [0, 0.1) is 11.8 Å². The normalized spacial score (nSPS) is 18.0. The van der Waals surface area contributed by atoms with Gasteiger partial charge in [0, 0.05) is 13.1 Å². The highest BCUT2D eigenvalue weighted by molar-refractivity contribution is 6.00. The molecule has 0 saturated heterocycles. The highest BCUT2D eigenvalue weighted by atomic mass is 16.5. The number of rotatable bonds is 8. The van der Waals surface area contributed by atoms with Crippen molar-refractivity contribution in [3.63, 3.8) is 0 Å². The fourth-order valence-electron chi connectivity index (χ4n) is 2.81. The van der Waals surface area contributed by atoms with Crippen LogP contribution in [0.25, 0.3) is 0 Å². The molecular formula is C21H25N3O3. The van der Waals surface area contributed by atoms with E-state index < -0.39 is 0 Å². The number of anilines is 1. The first-order valence-electron chi connectivity index (χ1n) is 9.10. The van der Waals surface area contributed by atoms with E-state index in [-0.39, 0.29) is 23.7 Å². The zero-order chi connectivity index (χ0) is 19.2. The number of nitrogens with zero attached hydrogens (tertiary/aromatic N) is 1. The van der Waals surface area contributed by atoms with Crippen LogP contribution in [0.15, 0.2) is 54.6 Å². The van der Waals surface area contributed by atoms with Gasteiger partial charge in [-0.2, -0.15) is 0 Å². The summed E-state index contributed by atoms with van der Waals surface area (Å²) in [4.78, 5) is 26.7. The number of nitrogens with one attached hydrogen (secondary N) is 2. The largest absolute Gasteiger partial charge is 0.455 e. The summed E-state index contributed by atoms with van der Waals surface area (Å²) in [6.07, 6.45) is 0.585. The first kappa shape index (κ1) is 18.9. The molecule has 2 unspecified atom stereocenters. The third-order valence-electron chi connectivity index (χ3n) is 4.44. The van der Waals surface area contributed by atoms with Crippen molar-refractivity contribution in [2.24, 2.45) is 11.8 Å². The van der Waals surface area contributed by atoms with Crippen LogP contribution in [0.3, 0.4) is 0 Å². The molecule has 6 nitrogen and oxygen atoms in total. The first-order valence-corrected chi connectivity index (χ1v) is 9.10. The van der Waals surface area contributed by atoms with Crippen molar-refractivity contribution < 1.29 is 14.3 Å². The van der Waals surface area contributed by atoms with Crippen LogP contribution in [0.4, 0.5) is 5.69 Å². The molecule has 1 fully saturated rings. The van der Waals surface area contributed by atoms with E-state index in [1.165, 1.54) is 0 Å². The summed E-state index contributed by atoms with van der Waals surface area (Å²) in [6.45, 7) is 1.37. The van der Waals surface area contributed by atoms with E-state index in [0.717, 1.165) is 6.54 Å². The highest BCUT2D eigenvalue weighted by Gasteiger charge is 2.48. The van der Waals surface area contributed by atoms with Crippen LogP contribution < -0.4 is 15.4 Å². The van der Waals surface area contributed by atoms with Gasteiger partial charge in [0.15, 0.2) is 5.75 Å². The molecular weight excluding hydrogens is 342 g/mol. The maximum absolute atomic E-state index is 12.5. The van der Waals surface area contributed by atoms with Gasteiger partial charge in [-0.05, 0) is 44.8 Å². The van der Waals surface area contributed by atoms with Crippen molar-refractivity contribution in [3.05, 3.63) is 54.6 Å². The fourth-order valence-corrected chi connectivity index (χ4v) is 2.81. The average molecular weight is 367 g/mol. The molecule has 0 aromatic heterocycles. The van der Waals surface area contributed by atoms with Crippen LogP contribution in [-0.2, 0) is 9.59 Å². The van der Waals surface area contributed by atoms with Crippen molar-refractivity contribution in [1.29, 1.82) is 0 Å². The molecule has 2 aromatic carbocycles. The number of benzene rings is 2. The van der Waals surface area contributed by atoms with Crippen LogP contribution >= 0.6 is 0 Å². The standard InChI is InChI=1S/C21H25N3O3/c1-24(2)13-12-22-20(25)16-14-17(16)21(26)23-18-10-6-7-11-19(18)27-15-8-4-3-5-9-15/h3-11,16-17H,12-14H2,1-2H3,(H,22,25)(H,23,26). The minimum atomic E-state index is -0.283. The van der Waals surface area contributed by atoms with E-state index >= 15 is 0 Å². The van der Waals surface area contributed by atoms with Gasteiger partial charge in [0.05, 0.1) is 17.5 Å². The van der Waals surface area contributed by atoms with Gasteiger partial charge >= 0.3 is 0 Å². The summed E-state index contributed by atoms with van der Waals surface area (Å²) in [6, 6.07) is 16.7. The molecule has 0 aliphatic heterocycles. The van der Waals surface area contributed by atoms with Crippen molar-refractivity contribution in [1.82, 2.24) is 10.2 Å². The average Bonchev–Trinajstić information content (AvgIpc) is 3.45. The van der Waals surface area contributed by atoms with Gasteiger partial charge in [-0.25, -0.2) is 0 Å². The van der Waals surface area contributed by atoms with Gasteiger partial charge in [0.1, 0.15) is 5.75 Å². The second-order valence-corrected chi connectivity index (χ2v) is 6.94. The summed E-state index contributed by atoms with van der Waals surface area (Å²) >= 11 is 0. The highest BCUT2D eigenvalue weighted by Crippen LogP contribution is 2.40. The Morgan fingerprint density at radius 1 is 1.00 bits per heavy atom. The van der Waals surface area contributed by atoms with E-state index in [0.29, 0.717) is 30.2 Å². The smallest absolute Gasteiger partial charge is 0.228 e. The number of hydrogen-bond donors (Lipinski definition) is 2. The number of hydrogen-bond acceptors (Lipinski definition) is 4. The van der Waals surface area contributed by atoms with Gasteiger partial charge in [-0.3, -0.25) is 9.59 Å². The SMILES string of the molecule is CN(C)CCNC(=O)C1CC1C(=O)Nc1ccccc1Oc1ccccc1. The summed E-state index contributed by atoms with van der Waals surface area (Å²) in [7, 11) is 3.91. The van der Waals surface area contributed by atoms with Gasteiger partial charge < -0.3 is 20.3 Å². The van der Waals surface area contributed by atoms with Crippen LogP contribution in [0.5, 0.6) is 11.5 Å². The van der Waals surface area contributed by atoms with E-state index in [1.54, 1.807) is 12.1 Å². The topological polar surface area (TPSA) is 70.7 Å². The minimum Gasteiger partial charge on any atom is -0.455 e. The van der Waals surface area contributed by atoms with Crippen LogP contribution in [0.2, 0.25) is 0 Å². The predicted molar refractivity (Wildman–Crippen MR) is 105 cm³/mol. The third kappa shape index (κ3) is 5.31. The minimum absolute atomic E-state index is 0.0502. The number of carbonyl (C=O) groups is 2. The number of likely N-dealkylation sites (N-methyl/N-ethyl adjacent to an activating group) is 1. The van der Waals surface area contributed by atoms with E-state index in [4.69, 9.17) is 4.74 Å². The monoisotopic (exact) mass is 367 g/mol. The van der Waals surface area contributed by atoms with E-state index in [1.807, 2.05) is 61.5 Å². The Labute approximate surface area is 159 Å². The Morgan fingerprint density at radius 3 is 2.41 bits per heavy atom. The molecule has 0 spiro atoms. The first-order chi connectivity index (χ1) is 13.0. The Kier molecular flexibility index (Phi) is 6.08. The second-order valence-electron chi connectivity index (χ2n) is 6.94. The molecule has 2 N–H and O–H groups in total. The number of carbonyl (C=O) groups excluding carboxylic acids is 2. The molecule has 1 aliphatic carbocycles. The zero-order valence-electron chi connectivity index (χ0n) is 15.6. The summed E-state index contributed by atoms with van der Waals surface area (Å²) < 4.78 is 5.86. The summed E-state index contributed by atoms with van der Waals surface area (Å²) in [5, 5.41) is 5.78. The van der Waals surface area contributed by atoms with Gasteiger partial charge in [-0.15, -0.1) is 0 Å². The van der Waals surface area contributed by atoms with Crippen LogP contribution in [0.1, 0.15) is 6.42 Å². The lowest BCUT2D eigenvalue weighted by atomic mass is 10.2. The van der Waals surface area contributed by atoms with E-state index in [9.17, 15) is 9.59 Å². The van der Waals surface area contributed by atoms with Crippen molar-refractivity contribution in [2.45, 2.75) is 6.42 Å². The van der Waals surface area contributed by atoms with Gasteiger partial charge in [0.25, 0.3) is 0 Å². The molecule has 0 radical (unpaired) electrons. The lowest BCUT2D eigenvalue weighted by Gasteiger charge is -2.12. The van der Waals surface area contributed by atoms with Gasteiger partial charge in [0.2, 0.25) is 11.8 Å². The predicted octanol–water partition coefficient (Wildman–Crippen LogP) is 2.73. The maximum atomic E-state index is 12.5. The molecule has 2 amide bonds. The van der Waals surface area contributed by atoms with Gasteiger partial charge in [-0.1, -0.05) is 30.3 Å². The molecule has 142 valence electrons. The van der Waals surface area contributed by atoms with Crippen molar-refractivity contribution in [2.75, 3.05) is 32.5 Å². The molecule has 3 rings (SSSR count). The van der Waals surface area contributed by atoms with E-state index in [2.05, 4.69) is 10.6 Å². The number of amides is 2. The van der Waals surface area contributed by atoms with Crippen molar-refractivity contribution in [3.8, 4) is 11.5 Å². The third-order valence-corrected chi connectivity index (χ3v) is 4.44. The molecule has 6 heteroatoms. The lowest BCUT2D eigenvalue weighted by molar-refractivity contribution is -0.125. The zero-order valence-corrected chi connectivity index (χ0v) is 15.6. The fraction of sp³-hybridized carbons (Fsp3) is 0.333. The molecule has 1 saturated carbocycles. The number of ether oxygens (including phenoxy) is 1. The molecule has 1 aliphatic rings. The Bertz CT molecular complexity index is 792. The number of para-hydroxylation sites is 3. The maximum Gasteiger partial charge on any atom is 0.228 e. The molecule has 2 atom stereocenters. The molecule has 0 heterocycles. The van der Waals surface area contributed by atoms with Crippen LogP contribution in [-0.4, -0.2) is 43.9 Å². The quantitative estimate of drug-likeness (QED) is 0.753. The Morgan fingerprint density at radius 2 is 1.67 bits per heavy atom. The Balaban J connectivity index is 1.55. The Hall–Kier alpha value is -2.86. The lowest BCUT2D eigenvalue weighted by Crippen LogP contribution is -2.33. The molecule has 27 heavy (non-hydrogen) atoms. The molecule has 0 bridgehead atoms. The summed E-state index contributed by atoms with van der Waals surface area (Å²) in [5.74, 6) is 0.551. The van der Waals surface area contributed by atoms with Crippen molar-refractivity contribution >= 4 is 17.5 Å². The second kappa shape index (κ2) is 8.68. The summed E-state index contributed by atoms with van der Waals surface area (Å²) in [5.41, 5.74) is 0.602. The molecule has 2 aromatic rings.